The van der Waals surface area contributed by atoms with Gasteiger partial charge in [0.1, 0.15) is 0 Å². The number of rotatable bonds is 3. The first kappa shape index (κ1) is 13.4. The summed E-state index contributed by atoms with van der Waals surface area (Å²) in [6.07, 6.45) is 7.33. The van der Waals surface area contributed by atoms with Gasteiger partial charge in [-0.3, -0.25) is 0 Å². The minimum atomic E-state index is 0.236. The molecule has 2 N–H and O–H groups in total. The lowest BCUT2D eigenvalue weighted by molar-refractivity contribution is 0.301. The number of anilines is 1. The van der Waals surface area contributed by atoms with Gasteiger partial charge in [0.15, 0.2) is 5.13 Å². The van der Waals surface area contributed by atoms with Gasteiger partial charge in [-0.2, -0.15) is 0 Å². The summed E-state index contributed by atoms with van der Waals surface area (Å²) in [6.45, 7) is 7.01. The van der Waals surface area contributed by atoms with Gasteiger partial charge in [0.05, 0.1) is 5.69 Å². The van der Waals surface area contributed by atoms with Crippen LogP contribution >= 0.6 is 11.3 Å². The number of aryl methyl sites for hydroxylation is 1. The Labute approximate surface area is 120 Å². The first-order chi connectivity index (χ1) is 9.17. The quantitative estimate of drug-likeness (QED) is 0.921. The molecule has 0 aromatic carbocycles. The molecule has 2 heterocycles. The zero-order valence-electron chi connectivity index (χ0n) is 12.1. The van der Waals surface area contributed by atoms with E-state index in [2.05, 4.69) is 18.7 Å². The molecule has 3 rings (SSSR count). The number of hydrogen-bond acceptors (Lipinski definition) is 4. The molecule has 0 radical (unpaired) electrons. The maximum absolute atomic E-state index is 6.22. The molecule has 1 fully saturated rings. The number of thiazole rings is 1. The van der Waals surface area contributed by atoms with Gasteiger partial charge in [-0.05, 0) is 43.9 Å². The van der Waals surface area contributed by atoms with Crippen molar-refractivity contribution >= 4 is 16.5 Å². The fourth-order valence-electron chi connectivity index (χ4n) is 3.50. The topological polar surface area (TPSA) is 42.2 Å². The molecule has 19 heavy (non-hydrogen) atoms. The third-order valence-corrected chi connectivity index (χ3v) is 6.48. The number of nitrogens with zero attached hydrogens (tertiary/aromatic N) is 2. The molecule has 2 aliphatic rings. The van der Waals surface area contributed by atoms with Gasteiger partial charge in [-0.1, -0.05) is 25.2 Å². The van der Waals surface area contributed by atoms with E-state index in [1.54, 1.807) is 0 Å². The fraction of sp³-hybridized carbons (Fsp3) is 0.800. The number of aromatic nitrogens is 1. The normalized spacial score (nSPS) is 25.6. The predicted molar refractivity (Wildman–Crippen MR) is 81.8 cm³/mol. The molecule has 1 aromatic heterocycles. The Morgan fingerprint density at radius 3 is 2.84 bits per heavy atom. The maximum Gasteiger partial charge on any atom is 0.185 e. The zero-order chi connectivity index (χ0) is 13.5. The molecule has 106 valence electrons. The Hall–Kier alpha value is -0.610. The summed E-state index contributed by atoms with van der Waals surface area (Å²) in [4.78, 5) is 8.74. The van der Waals surface area contributed by atoms with E-state index >= 15 is 0 Å². The van der Waals surface area contributed by atoms with Crippen LogP contribution in [0.1, 0.15) is 62.6 Å². The highest BCUT2D eigenvalue weighted by atomic mass is 32.1. The molecule has 1 saturated heterocycles. The van der Waals surface area contributed by atoms with E-state index < -0.39 is 0 Å². The van der Waals surface area contributed by atoms with Crippen molar-refractivity contribution in [2.75, 3.05) is 18.0 Å². The summed E-state index contributed by atoms with van der Waals surface area (Å²) in [7, 11) is 0. The first-order valence-corrected chi connectivity index (χ1v) is 8.49. The summed E-state index contributed by atoms with van der Waals surface area (Å²) in [5, 5.41) is 1.23. The molecular formula is C15H25N3S. The summed E-state index contributed by atoms with van der Waals surface area (Å²) >= 11 is 1.85. The lowest BCUT2D eigenvalue weighted by Crippen LogP contribution is -2.26. The Kier molecular flexibility index (Phi) is 3.56. The van der Waals surface area contributed by atoms with Crippen molar-refractivity contribution in [1.82, 2.24) is 4.98 Å². The van der Waals surface area contributed by atoms with Crippen LogP contribution in [-0.2, 0) is 6.42 Å². The third-order valence-electron chi connectivity index (χ3n) is 5.19. The van der Waals surface area contributed by atoms with Crippen LogP contribution in [0.2, 0.25) is 0 Å². The van der Waals surface area contributed by atoms with Gasteiger partial charge in [0.2, 0.25) is 0 Å². The molecule has 0 bridgehead atoms. The van der Waals surface area contributed by atoms with Gasteiger partial charge in [0, 0.05) is 24.0 Å². The fourth-order valence-corrected chi connectivity index (χ4v) is 4.67. The highest BCUT2D eigenvalue weighted by Gasteiger charge is 2.36. The lowest BCUT2D eigenvalue weighted by Gasteiger charge is -2.26. The van der Waals surface area contributed by atoms with Crippen LogP contribution in [0.5, 0.6) is 0 Å². The van der Waals surface area contributed by atoms with Crippen molar-refractivity contribution in [3.8, 4) is 0 Å². The molecule has 0 amide bonds. The summed E-state index contributed by atoms with van der Waals surface area (Å²) < 4.78 is 0. The molecular weight excluding hydrogens is 254 g/mol. The highest BCUT2D eigenvalue weighted by Crippen LogP contribution is 2.42. The molecule has 1 atom stereocenters. The largest absolute Gasteiger partial charge is 0.348 e. The second kappa shape index (κ2) is 5.06. The maximum atomic E-state index is 6.22. The molecule has 1 aliphatic heterocycles. The van der Waals surface area contributed by atoms with Gasteiger partial charge >= 0.3 is 0 Å². The smallest absolute Gasteiger partial charge is 0.185 e. The summed E-state index contributed by atoms with van der Waals surface area (Å²) in [6, 6.07) is 0.236. The van der Waals surface area contributed by atoms with E-state index in [4.69, 9.17) is 10.7 Å². The van der Waals surface area contributed by atoms with Crippen LogP contribution in [0.25, 0.3) is 0 Å². The average molecular weight is 279 g/mol. The number of nitrogens with two attached hydrogens (primary N) is 1. The van der Waals surface area contributed by atoms with Crippen molar-refractivity contribution in [3.05, 3.63) is 10.6 Å². The minimum Gasteiger partial charge on any atom is -0.348 e. The SMILES string of the molecule is CCC1(CC)CCN(c2nc3c(s2)C(N)CCC3)C1. The van der Waals surface area contributed by atoms with E-state index in [1.807, 2.05) is 11.3 Å². The molecule has 1 unspecified atom stereocenters. The molecule has 4 heteroatoms. The summed E-state index contributed by atoms with van der Waals surface area (Å²) in [5.74, 6) is 0. The van der Waals surface area contributed by atoms with Gasteiger partial charge in [-0.25, -0.2) is 4.98 Å². The second-order valence-corrected chi connectivity index (χ2v) is 7.19. The Balaban J connectivity index is 1.81. The van der Waals surface area contributed by atoms with Crippen LogP contribution in [0.3, 0.4) is 0 Å². The number of fused-ring (bicyclic) bond motifs is 1. The Bertz CT molecular complexity index is 450. The molecule has 0 saturated carbocycles. The van der Waals surface area contributed by atoms with E-state index in [0.29, 0.717) is 5.41 Å². The van der Waals surface area contributed by atoms with Gasteiger partial charge < -0.3 is 10.6 Å². The molecule has 3 nitrogen and oxygen atoms in total. The average Bonchev–Trinajstić information content (AvgIpc) is 3.04. The zero-order valence-corrected chi connectivity index (χ0v) is 12.9. The molecule has 1 aliphatic carbocycles. The summed E-state index contributed by atoms with van der Waals surface area (Å²) in [5.41, 5.74) is 8.02. The van der Waals surface area contributed by atoms with Crippen molar-refractivity contribution in [1.29, 1.82) is 0 Å². The monoisotopic (exact) mass is 279 g/mol. The highest BCUT2D eigenvalue weighted by molar-refractivity contribution is 7.15. The lowest BCUT2D eigenvalue weighted by atomic mass is 9.82. The Morgan fingerprint density at radius 1 is 1.42 bits per heavy atom. The van der Waals surface area contributed by atoms with E-state index in [9.17, 15) is 0 Å². The first-order valence-electron chi connectivity index (χ1n) is 7.67. The van der Waals surface area contributed by atoms with Crippen molar-refractivity contribution in [2.45, 2.75) is 58.4 Å². The third kappa shape index (κ3) is 2.29. The van der Waals surface area contributed by atoms with E-state index in [-0.39, 0.29) is 6.04 Å². The number of hydrogen-bond donors (Lipinski definition) is 1. The van der Waals surface area contributed by atoms with Crippen LogP contribution in [-0.4, -0.2) is 18.1 Å². The molecule has 1 aromatic rings. The van der Waals surface area contributed by atoms with Crippen LogP contribution in [0.15, 0.2) is 0 Å². The van der Waals surface area contributed by atoms with E-state index in [1.165, 1.54) is 54.5 Å². The van der Waals surface area contributed by atoms with Gasteiger partial charge in [0.25, 0.3) is 0 Å². The second-order valence-electron chi connectivity index (χ2n) is 6.18. The standard InChI is InChI=1S/C15H25N3S/c1-3-15(4-2)8-9-18(10-15)14-17-12-7-5-6-11(16)13(12)19-14/h11H,3-10,16H2,1-2H3. The predicted octanol–water partition coefficient (Wildman–Crippen LogP) is 3.50. The minimum absolute atomic E-state index is 0.236. The van der Waals surface area contributed by atoms with E-state index in [0.717, 1.165) is 12.8 Å². The Morgan fingerprint density at radius 2 is 2.21 bits per heavy atom. The van der Waals surface area contributed by atoms with Crippen LogP contribution in [0.4, 0.5) is 5.13 Å². The molecule has 0 spiro atoms. The van der Waals surface area contributed by atoms with Crippen LogP contribution in [0, 0.1) is 5.41 Å². The van der Waals surface area contributed by atoms with Crippen molar-refractivity contribution in [2.24, 2.45) is 11.1 Å². The van der Waals surface area contributed by atoms with Crippen molar-refractivity contribution < 1.29 is 0 Å². The van der Waals surface area contributed by atoms with Crippen LogP contribution < -0.4 is 10.6 Å². The van der Waals surface area contributed by atoms with Crippen molar-refractivity contribution in [3.63, 3.8) is 0 Å². The van der Waals surface area contributed by atoms with Gasteiger partial charge in [-0.15, -0.1) is 0 Å².